The van der Waals surface area contributed by atoms with Gasteiger partial charge in [0.1, 0.15) is 0 Å². The molecule has 2 atom stereocenters. The Hall–Kier alpha value is -1.46. The number of fused-ring (bicyclic) bond motifs is 1. The van der Waals surface area contributed by atoms with Gasteiger partial charge < -0.3 is 0 Å². The molecule has 2 aromatic carbocycles. The maximum Gasteiger partial charge on any atom is 0.261 e. The molecule has 0 saturated heterocycles. The number of imide groups is 1. The number of amides is 2. The Morgan fingerprint density at radius 3 is 2.09 bits per heavy atom. The molecule has 22 heavy (non-hydrogen) atoms. The molecule has 5 heteroatoms. The Bertz CT molecular complexity index is 746. The van der Waals surface area contributed by atoms with Crippen LogP contribution in [0.25, 0.3) is 0 Å². The molecule has 0 aromatic heterocycles. The van der Waals surface area contributed by atoms with Crippen LogP contribution < -0.4 is 0 Å². The van der Waals surface area contributed by atoms with Gasteiger partial charge in [0, 0.05) is 7.05 Å². The lowest BCUT2D eigenvalue weighted by Crippen LogP contribution is -2.24. The van der Waals surface area contributed by atoms with Crippen molar-refractivity contribution in [3.63, 3.8) is 0 Å². The highest BCUT2D eigenvalue weighted by molar-refractivity contribution is 9.12. The van der Waals surface area contributed by atoms with E-state index in [9.17, 15) is 9.59 Å². The van der Waals surface area contributed by atoms with Gasteiger partial charge in [0.25, 0.3) is 11.8 Å². The molecule has 3 rings (SSSR count). The van der Waals surface area contributed by atoms with Gasteiger partial charge in [-0.25, -0.2) is 0 Å². The Balaban J connectivity index is 1.94. The van der Waals surface area contributed by atoms with Gasteiger partial charge in [-0.05, 0) is 23.3 Å². The molecule has 0 N–H and O–H groups in total. The molecule has 2 amide bonds. The lowest BCUT2D eigenvalue weighted by atomic mass is 10.00. The molecule has 0 saturated carbocycles. The zero-order valence-electron chi connectivity index (χ0n) is 11.8. The summed E-state index contributed by atoms with van der Waals surface area (Å²) in [5, 5.41) is 0. The molecule has 2 aromatic rings. The van der Waals surface area contributed by atoms with Crippen molar-refractivity contribution in [2.75, 3.05) is 7.05 Å². The molecule has 0 aliphatic carbocycles. The van der Waals surface area contributed by atoms with Gasteiger partial charge in [0.15, 0.2) is 0 Å². The average Bonchev–Trinajstić information content (AvgIpc) is 2.78. The fraction of sp³-hybridized carbons (Fsp3) is 0.176. The van der Waals surface area contributed by atoms with Crippen LogP contribution in [0.4, 0.5) is 0 Å². The minimum Gasteiger partial charge on any atom is -0.277 e. The molecule has 2 unspecified atom stereocenters. The molecule has 3 nitrogen and oxygen atoms in total. The Morgan fingerprint density at radius 1 is 0.818 bits per heavy atom. The summed E-state index contributed by atoms with van der Waals surface area (Å²) in [7, 11) is 1.51. The van der Waals surface area contributed by atoms with Crippen molar-refractivity contribution in [3.05, 3.63) is 70.8 Å². The first-order chi connectivity index (χ1) is 10.5. The topological polar surface area (TPSA) is 37.4 Å². The van der Waals surface area contributed by atoms with Crippen LogP contribution in [0.3, 0.4) is 0 Å². The Labute approximate surface area is 145 Å². The number of halogens is 2. The summed E-state index contributed by atoms with van der Waals surface area (Å²) in [4.78, 5) is 25.2. The van der Waals surface area contributed by atoms with E-state index in [2.05, 4.69) is 31.9 Å². The summed E-state index contributed by atoms with van der Waals surface area (Å²) >= 11 is 7.39. The van der Waals surface area contributed by atoms with Crippen molar-refractivity contribution in [2.24, 2.45) is 0 Å². The summed E-state index contributed by atoms with van der Waals surface area (Å²) in [6.45, 7) is 0. The van der Waals surface area contributed by atoms with Crippen LogP contribution in [0, 0.1) is 0 Å². The predicted molar refractivity (Wildman–Crippen MR) is 92.6 cm³/mol. The van der Waals surface area contributed by atoms with Gasteiger partial charge in [-0.15, -0.1) is 0 Å². The molecule has 1 aliphatic heterocycles. The monoisotopic (exact) mass is 421 g/mol. The molecular formula is C17H13Br2NO2. The van der Waals surface area contributed by atoms with E-state index in [1.165, 1.54) is 7.05 Å². The first-order valence-corrected chi connectivity index (χ1v) is 8.63. The highest BCUT2D eigenvalue weighted by atomic mass is 79.9. The van der Waals surface area contributed by atoms with Crippen LogP contribution in [0.2, 0.25) is 0 Å². The van der Waals surface area contributed by atoms with Gasteiger partial charge >= 0.3 is 0 Å². The number of benzene rings is 2. The maximum atomic E-state index is 12.1. The Morgan fingerprint density at radius 2 is 1.41 bits per heavy atom. The first-order valence-electron chi connectivity index (χ1n) is 6.80. The smallest absolute Gasteiger partial charge is 0.261 e. The lowest BCUT2D eigenvalue weighted by Gasteiger charge is -2.18. The number of carbonyl (C=O) groups excluding carboxylic acids is 2. The van der Waals surface area contributed by atoms with Gasteiger partial charge in [0.05, 0.1) is 20.8 Å². The molecule has 1 aliphatic rings. The minimum atomic E-state index is -0.243. The second-order valence-electron chi connectivity index (χ2n) is 5.19. The van der Waals surface area contributed by atoms with E-state index in [1.54, 1.807) is 12.1 Å². The van der Waals surface area contributed by atoms with Crippen molar-refractivity contribution >= 4 is 43.7 Å². The number of hydrogen-bond donors (Lipinski definition) is 0. The second-order valence-corrected chi connectivity index (χ2v) is 7.16. The molecule has 0 bridgehead atoms. The van der Waals surface area contributed by atoms with Crippen LogP contribution in [0.5, 0.6) is 0 Å². The van der Waals surface area contributed by atoms with Gasteiger partial charge in [-0.2, -0.15) is 0 Å². The third kappa shape index (κ3) is 2.52. The maximum absolute atomic E-state index is 12.1. The fourth-order valence-electron chi connectivity index (χ4n) is 2.53. The summed E-state index contributed by atoms with van der Waals surface area (Å²) in [5.74, 6) is -0.483. The van der Waals surface area contributed by atoms with E-state index in [-0.39, 0.29) is 21.5 Å². The molecule has 0 radical (unpaired) electrons. The van der Waals surface area contributed by atoms with E-state index in [0.717, 1.165) is 16.0 Å². The molecule has 0 spiro atoms. The SMILES string of the molecule is CN1C(=O)c2ccc(C(Br)C(Br)c3ccccc3)cc2C1=O. The number of nitrogens with zero attached hydrogens (tertiary/aromatic N) is 1. The summed E-state index contributed by atoms with van der Waals surface area (Å²) in [5.41, 5.74) is 3.05. The van der Waals surface area contributed by atoms with Gasteiger partial charge in [0.2, 0.25) is 0 Å². The molecule has 0 fully saturated rings. The summed E-state index contributed by atoms with van der Waals surface area (Å²) in [6, 6.07) is 15.5. The van der Waals surface area contributed by atoms with Crippen LogP contribution in [0.15, 0.2) is 48.5 Å². The third-order valence-electron chi connectivity index (χ3n) is 3.81. The van der Waals surface area contributed by atoms with Crippen molar-refractivity contribution < 1.29 is 9.59 Å². The van der Waals surface area contributed by atoms with Crippen molar-refractivity contribution in [1.82, 2.24) is 4.90 Å². The van der Waals surface area contributed by atoms with E-state index >= 15 is 0 Å². The van der Waals surface area contributed by atoms with Crippen LogP contribution in [-0.4, -0.2) is 23.8 Å². The Kier molecular flexibility index (Phi) is 4.19. The highest BCUT2D eigenvalue weighted by Gasteiger charge is 2.33. The molecule has 1 heterocycles. The quantitative estimate of drug-likeness (QED) is 0.540. The molecular weight excluding hydrogens is 410 g/mol. The molecule has 112 valence electrons. The first kappa shape index (κ1) is 15.4. The van der Waals surface area contributed by atoms with Crippen LogP contribution in [0.1, 0.15) is 41.5 Å². The fourth-order valence-corrected chi connectivity index (χ4v) is 3.73. The largest absolute Gasteiger partial charge is 0.277 e. The lowest BCUT2D eigenvalue weighted by molar-refractivity contribution is 0.0693. The van der Waals surface area contributed by atoms with Crippen molar-refractivity contribution in [2.45, 2.75) is 9.65 Å². The van der Waals surface area contributed by atoms with Crippen LogP contribution in [-0.2, 0) is 0 Å². The van der Waals surface area contributed by atoms with E-state index in [0.29, 0.717) is 11.1 Å². The number of carbonyl (C=O) groups is 2. The highest BCUT2D eigenvalue weighted by Crippen LogP contribution is 2.43. The van der Waals surface area contributed by atoms with E-state index < -0.39 is 0 Å². The van der Waals surface area contributed by atoms with Crippen LogP contribution >= 0.6 is 31.9 Å². The number of alkyl halides is 2. The normalized spacial score (nSPS) is 16.6. The van der Waals surface area contributed by atoms with Gasteiger partial charge in [-0.3, -0.25) is 14.5 Å². The van der Waals surface area contributed by atoms with E-state index in [1.807, 2.05) is 36.4 Å². The minimum absolute atomic E-state index is 0.00555. The number of rotatable bonds is 3. The van der Waals surface area contributed by atoms with Crippen molar-refractivity contribution in [3.8, 4) is 0 Å². The van der Waals surface area contributed by atoms with Gasteiger partial charge in [-0.1, -0.05) is 68.3 Å². The second kappa shape index (κ2) is 5.97. The summed E-state index contributed by atoms with van der Waals surface area (Å²) < 4.78 is 0. The summed E-state index contributed by atoms with van der Waals surface area (Å²) in [6.07, 6.45) is 0. The zero-order chi connectivity index (χ0) is 15.9. The van der Waals surface area contributed by atoms with Crippen molar-refractivity contribution in [1.29, 1.82) is 0 Å². The standard InChI is InChI=1S/C17H13Br2NO2/c1-20-16(21)12-8-7-11(9-13(12)17(20)22)15(19)14(18)10-5-3-2-4-6-10/h2-9,14-15H,1H3. The van der Waals surface area contributed by atoms with E-state index in [4.69, 9.17) is 0 Å². The number of hydrogen-bond acceptors (Lipinski definition) is 2. The average molecular weight is 423 g/mol. The third-order valence-corrected chi connectivity index (χ3v) is 6.63. The predicted octanol–water partition coefficient (Wildman–Crippen LogP) is 4.48. The zero-order valence-corrected chi connectivity index (χ0v) is 15.0.